The van der Waals surface area contributed by atoms with Gasteiger partial charge in [-0.15, -0.1) is 0 Å². The lowest BCUT2D eigenvalue weighted by molar-refractivity contribution is -0.141. The van der Waals surface area contributed by atoms with Crippen molar-refractivity contribution >= 4 is 21.4 Å². The number of pyridine rings is 1. The number of nitrogens with zero attached hydrogens (tertiary/aromatic N) is 3. The number of hydrogen-bond donors (Lipinski definition) is 1. The molecule has 2 aromatic heterocycles. The number of carbonyl (C=O) groups is 1. The van der Waals surface area contributed by atoms with Gasteiger partial charge >= 0.3 is 6.18 Å². The van der Waals surface area contributed by atoms with E-state index in [0.717, 1.165) is 23.2 Å². The van der Waals surface area contributed by atoms with Gasteiger partial charge in [-0.25, -0.2) is 22.2 Å². The van der Waals surface area contributed by atoms with Crippen molar-refractivity contribution in [1.29, 1.82) is 0 Å². The summed E-state index contributed by atoms with van der Waals surface area (Å²) in [5.74, 6) is -4.10. The zero-order valence-electron chi connectivity index (χ0n) is 16.3. The predicted octanol–water partition coefficient (Wildman–Crippen LogP) is 3.78. The Bertz CT molecular complexity index is 1070. The molecule has 1 aliphatic rings. The first kappa shape index (κ1) is 23.1. The lowest BCUT2D eigenvalue weighted by Crippen LogP contribution is -2.28. The van der Waals surface area contributed by atoms with Gasteiger partial charge in [0.1, 0.15) is 5.69 Å². The average molecular weight is 466 g/mol. The summed E-state index contributed by atoms with van der Waals surface area (Å²) < 4.78 is 90.3. The van der Waals surface area contributed by atoms with Gasteiger partial charge in [-0.2, -0.15) is 18.3 Å². The maximum Gasteiger partial charge on any atom is 0.435 e. The molecular weight excluding hydrogens is 447 g/mol. The fraction of sp³-hybridized carbons (Fsp3) is 0.500. The number of halogens is 5. The number of hydrogen-bond acceptors (Lipinski definition) is 5. The molecule has 0 unspecified atom stereocenters. The average Bonchev–Trinajstić information content (AvgIpc) is 3.07. The molecule has 7 nitrogen and oxygen atoms in total. The summed E-state index contributed by atoms with van der Waals surface area (Å²) in [6.07, 6.45) is -3.32. The molecule has 170 valence electrons. The number of anilines is 1. The van der Waals surface area contributed by atoms with E-state index in [1.54, 1.807) is 0 Å². The molecule has 0 bridgehead atoms. The normalized spacial score (nSPS) is 17.5. The highest BCUT2D eigenvalue weighted by molar-refractivity contribution is 7.90. The molecule has 2 aromatic rings. The van der Waals surface area contributed by atoms with Crippen LogP contribution in [0.25, 0.3) is 0 Å². The van der Waals surface area contributed by atoms with E-state index >= 15 is 0 Å². The van der Waals surface area contributed by atoms with Crippen molar-refractivity contribution < 1.29 is 35.2 Å². The molecular formula is C18H19F5N4O3S. The number of alkyl halides is 5. The van der Waals surface area contributed by atoms with Gasteiger partial charge in [0.15, 0.2) is 20.6 Å². The van der Waals surface area contributed by atoms with Crippen LogP contribution in [0.4, 0.5) is 27.6 Å². The first-order chi connectivity index (χ1) is 14.2. The van der Waals surface area contributed by atoms with Gasteiger partial charge in [0.2, 0.25) is 5.92 Å². The first-order valence-corrected chi connectivity index (χ1v) is 11.1. The van der Waals surface area contributed by atoms with Crippen LogP contribution in [0.5, 0.6) is 0 Å². The van der Waals surface area contributed by atoms with Gasteiger partial charge in [-0.3, -0.25) is 9.48 Å². The zero-order valence-corrected chi connectivity index (χ0v) is 17.1. The zero-order chi connectivity index (χ0) is 23.0. The largest absolute Gasteiger partial charge is 0.435 e. The molecule has 1 amide bonds. The topological polar surface area (TPSA) is 94.0 Å². The van der Waals surface area contributed by atoms with Gasteiger partial charge in [0.25, 0.3) is 5.91 Å². The third-order valence-electron chi connectivity index (χ3n) is 4.94. The van der Waals surface area contributed by atoms with Crippen LogP contribution in [0.1, 0.15) is 41.9 Å². The highest BCUT2D eigenvalue weighted by atomic mass is 32.2. The Morgan fingerprint density at radius 3 is 2.48 bits per heavy atom. The summed E-state index contributed by atoms with van der Waals surface area (Å²) >= 11 is 0. The molecule has 1 saturated carbocycles. The van der Waals surface area contributed by atoms with Gasteiger partial charge in [0.05, 0.1) is 0 Å². The lowest BCUT2D eigenvalue weighted by atomic mass is 9.87. The fourth-order valence-electron chi connectivity index (χ4n) is 3.29. The molecule has 0 atom stereocenters. The summed E-state index contributed by atoms with van der Waals surface area (Å²) in [6, 6.07) is 2.93. The van der Waals surface area contributed by atoms with Gasteiger partial charge in [-0.1, -0.05) is 0 Å². The Kier molecular flexibility index (Phi) is 6.09. The number of aromatic nitrogens is 3. The fourth-order valence-corrected chi connectivity index (χ4v) is 3.88. The molecule has 1 N–H and O–H groups in total. The highest BCUT2D eigenvalue weighted by Crippen LogP contribution is 2.37. The van der Waals surface area contributed by atoms with Crippen molar-refractivity contribution in [3.05, 3.63) is 35.8 Å². The van der Waals surface area contributed by atoms with E-state index in [4.69, 9.17) is 0 Å². The second-order valence-corrected chi connectivity index (χ2v) is 9.47. The Labute approximate surface area is 174 Å². The number of rotatable bonds is 5. The van der Waals surface area contributed by atoms with Crippen molar-refractivity contribution in [3.63, 3.8) is 0 Å². The third-order valence-corrected chi connectivity index (χ3v) is 5.93. The van der Waals surface area contributed by atoms with E-state index in [1.165, 1.54) is 6.07 Å². The van der Waals surface area contributed by atoms with E-state index < -0.39 is 39.2 Å². The Morgan fingerprint density at radius 2 is 1.90 bits per heavy atom. The van der Waals surface area contributed by atoms with Crippen LogP contribution in [0.2, 0.25) is 0 Å². The molecule has 2 heterocycles. The van der Waals surface area contributed by atoms with Crippen molar-refractivity contribution in [1.82, 2.24) is 14.8 Å². The molecule has 0 spiro atoms. The molecule has 13 heteroatoms. The minimum Gasteiger partial charge on any atom is -0.321 e. The molecule has 31 heavy (non-hydrogen) atoms. The standard InChI is InChI=1S/C18H19F5N4O3S/c1-31(29,30)15-8-12(4-7-24-15)25-16(28)13-9-14(18(21,22)23)26-27(13)10-11-2-5-17(19,20)6-3-11/h4,7-9,11H,2-3,5-6,10H2,1H3,(H,24,25,28). The van der Waals surface area contributed by atoms with Crippen molar-refractivity contribution in [2.75, 3.05) is 11.6 Å². The van der Waals surface area contributed by atoms with Crippen LogP contribution in [0.3, 0.4) is 0 Å². The number of nitrogens with one attached hydrogen (secondary N) is 1. The monoisotopic (exact) mass is 466 g/mol. The van der Waals surface area contributed by atoms with Crippen molar-refractivity contribution in [2.45, 2.75) is 49.4 Å². The molecule has 0 saturated heterocycles. The smallest absolute Gasteiger partial charge is 0.321 e. The molecule has 0 radical (unpaired) electrons. The predicted molar refractivity (Wildman–Crippen MR) is 99.4 cm³/mol. The summed E-state index contributed by atoms with van der Waals surface area (Å²) in [5, 5.41) is 5.48. The molecule has 1 aliphatic carbocycles. The van der Waals surface area contributed by atoms with E-state index in [0.29, 0.717) is 6.07 Å². The quantitative estimate of drug-likeness (QED) is 0.677. The Balaban J connectivity index is 1.85. The SMILES string of the molecule is CS(=O)(=O)c1cc(NC(=O)c2cc(C(F)(F)F)nn2CC2CCC(F)(F)CC2)ccn1. The van der Waals surface area contributed by atoms with Crippen LogP contribution in [0, 0.1) is 5.92 Å². The van der Waals surface area contributed by atoms with Gasteiger partial charge in [-0.05, 0) is 30.9 Å². The summed E-state index contributed by atoms with van der Waals surface area (Å²) in [5.41, 5.74) is -1.69. The van der Waals surface area contributed by atoms with Crippen LogP contribution in [-0.4, -0.2) is 41.3 Å². The van der Waals surface area contributed by atoms with Crippen LogP contribution in [-0.2, 0) is 22.6 Å². The van der Waals surface area contributed by atoms with Crippen LogP contribution < -0.4 is 5.32 Å². The summed E-state index contributed by atoms with van der Waals surface area (Å²) in [6.45, 7) is -0.125. The van der Waals surface area contributed by atoms with E-state index in [1.807, 2.05) is 0 Å². The Morgan fingerprint density at radius 1 is 1.26 bits per heavy atom. The van der Waals surface area contributed by atoms with Crippen LogP contribution >= 0.6 is 0 Å². The maximum absolute atomic E-state index is 13.4. The van der Waals surface area contributed by atoms with Gasteiger partial charge in [0, 0.05) is 43.6 Å². The lowest BCUT2D eigenvalue weighted by Gasteiger charge is -2.28. The minimum atomic E-state index is -4.81. The molecule has 1 fully saturated rings. The second kappa shape index (κ2) is 8.17. The third kappa shape index (κ3) is 5.77. The van der Waals surface area contributed by atoms with Crippen LogP contribution in [0.15, 0.2) is 29.4 Å². The summed E-state index contributed by atoms with van der Waals surface area (Å²) in [7, 11) is -3.67. The highest BCUT2D eigenvalue weighted by Gasteiger charge is 2.38. The second-order valence-electron chi connectivity index (χ2n) is 7.50. The number of amides is 1. The number of carbonyl (C=O) groups excluding carboxylic acids is 1. The molecule has 3 rings (SSSR count). The van der Waals surface area contributed by atoms with E-state index in [-0.39, 0.29) is 48.9 Å². The van der Waals surface area contributed by atoms with Crippen molar-refractivity contribution in [3.8, 4) is 0 Å². The van der Waals surface area contributed by atoms with E-state index in [2.05, 4.69) is 15.4 Å². The maximum atomic E-state index is 13.4. The first-order valence-electron chi connectivity index (χ1n) is 9.25. The van der Waals surface area contributed by atoms with Crippen molar-refractivity contribution in [2.24, 2.45) is 5.92 Å². The number of sulfone groups is 1. The van der Waals surface area contributed by atoms with Gasteiger partial charge < -0.3 is 5.32 Å². The minimum absolute atomic E-state index is 0.0130. The molecule has 0 aliphatic heterocycles. The molecule has 0 aromatic carbocycles. The van der Waals surface area contributed by atoms with E-state index in [9.17, 15) is 35.2 Å². The summed E-state index contributed by atoms with van der Waals surface area (Å²) in [4.78, 5) is 16.3. The Hall–Kier alpha value is -2.57.